The lowest BCUT2D eigenvalue weighted by Crippen LogP contribution is -2.07. The summed E-state index contributed by atoms with van der Waals surface area (Å²) in [6, 6.07) is 13.3. The second-order valence-electron chi connectivity index (χ2n) is 3.87. The van der Waals surface area contributed by atoms with Crippen LogP contribution in [0.2, 0.25) is 0 Å². The molecule has 1 N–H and O–H groups in total. The maximum Gasteiger partial charge on any atom is 0.194 e. The van der Waals surface area contributed by atoms with Crippen LogP contribution in [0.25, 0.3) is 6.08 Å². The summed E-state index contributed by atoms with van der Waals surface area (Å²) in [6.07, 6.45) is 1.59. The summed E-state index contributed by atoms with van der Waals surface area (Å²) in [5.41, 5.74) is 1.40. The van der Waals surface area contributed by atoms with Gasteiger partial charge < -0.3 is 4.55 Å². The Morgan fingerprint density at radius 3 is 2.26 bits per heavy atom. The Morgan fingerprint density at radius 2 is 1.63 bits per heavy atom. The first-order chi connectivity index (χ1) is 9.15. The molecule has 0 aliphatic carbocycles. The summed E-state index contributed by atoms with van der Waals surface area (Å²) in [6.45, 7) is 3.66. The van der Waals surface area contributed by atoms with Crippen LogP contribution in [0, 0.1) is 0 Å². The van der Waals surface area contributed by atoms with E-state index in [0.717, 1.165) is 0 Å². The monoisotopic (exact) mass is 272 g/mol. The van der Waals surface area contributed by atoms with Crippen molar-refractivity contribution in [3.05, 3.63) is 71.8 Å². The van der Waals surface area contributed by atoms with Crippen LogP contribution in [-0.4, -0.2) is 14.5 Å². The first kappa shape index (κ1) is 13.4. The summed E-state index contributed by atoms with van der Waals surface area (Å²) in [4.78, 5) is 12.6. The van der Waals surface area contributed by atoms with Crippen molar-refractivity contribution >= 4 is 22.9 Å². The second kappa shape index (κ2) is 5.73. The highest BCUT2D eigenvalue weighted by atomic mass is 32.2. The maximum atomic E-state index is 12.5. The van der Waals surface area contributed by atoms with Crippen LogP contribution in [0.4, 0.5) is 0 Å². The van der Waals surface area contributed by atoms with Crippen LogP contribution >= 0.6 is 0 Å². The zero-order chi connectivity index (χ0) is 13.8. The summed E-state index contributed by atoms with van der Waals surface area (Å²) in [5.74, 6) is -0.284. The summed E-state index contributed by atoms with van der Waals surface area (Å²) in [5, 5.41) is 0. The van der Waals surface area contributed by atoms with Gasteiger partial charge in [-0.25, -0.2) is 4.21 Å². The van der Waals surface area contributed by atoms with Gasteiger partial charge in [-0.3, -0.25) is 4.79 Å². The van der Waals surface area contributed by atoms with Crippen LogP contribution in [0.15, 0.2) is 60.0 Å². The van der Waals surface area contributed by atoms with Crippen molar-refractivity contribution in [1.29, 1.82) is 0 Å². The highest BCUT2D eigenvalue weighted by Gasteiger charge is 2.17. The Balaban J connectivity index is 2.57. The fraction of sp³-hybridized carbons (Fsp3) is 0. The van der Waals surface area contributed by atoms with Crippen molar-refractivity contribution in [2.45, 2.75) is 4.90 Å². The third-order valence-electron chi connectivity index (χ3n) is 2.75. The Hall–Kier alpha value is -2.04. The molecule has 0 saturated carbocycles. The molecule has 0 amide bonds. The van der Waals surface area contributed by atoms with Crippen LogP contribution < -0.4 is 0 Å². The standard InChI is InChI=1S/C15H12O3S/c1-2-11-7-3-4-8-12(11)15(16)13-9-5-6-10-14(13)19(17)18/h2-10H,1H2,(H,17,18). The molecule has 1 atom stereocenters. The predicted octanol–water partition coefficient (Wildman–Crippen LogP) is 3.14. The SMILES string of the molecule is C=Cc1ccccc1C(=O)c1ccccc1S(=O)O. The van der Waals surface area contributed by atoms with Crippen LogP contribution in [0.1, 0.15) is 21.5 Å². The largest absolute Gasteiger partial charge is 0.302 e. The molecule has 0 aliphatic rings. The molecule has 0 aliphatic heterocycles. The number of benzene rings is 2. The molecule has 96 valence electrons. The second-order valence-corrected chi connectivity index (χ2v) is 4.80. The van der Waals surface area contributed by atoms with E-state index in [1.807, 2.05) is 6.07 Å². The van der Waals surface area contributed by atoms with Gasteiger partial charge in [-0.05, 0) is 17.7 Å². The summed E-state index contributed by atoms with van der Waals surface area (Å²) >= 11 is -2.19. The quantitative estimate of drug-likeness (QED) is 0.687. The molecule has 0 fully saturated rings. The van der Waals surface area contributed by atoms with E-state index in [-0.39, 0.29) is 16.2 Å². The molecular weight excluding hydrogens is 260 g/mol. The van der Waals surface area contributed by atoms with Gasteiger partial charge in [0.25, 0.3) is 0 Å². The molecule has 0 saturated heterocycles. The van der Waals surface area contributed by atoms with E-state index in [2.05, 4.69) is 6.58 Å². The van der Waals surface area contributed by atoms with Gasteiger partial charge in [-0.1, -0.05) is 49.1 Å². The van der Waals surface area contributed by atoms with Crippen molar-refractivity contribution in [3.63, 3.8) is 0 Å². The van der Waals surface area contributed by atoms with E-state index in [9.17, 15) is 13.6 Å². The Kier molecular flexibility index (Phi) is 4.04. The molecule has 2 rings (SSSR count). The number of hydrogen-bond donors (Lipinski definition) is 1. The van der Waals surface area contributed by atoms with Crippen molar-refractivity contribution in [2.24, 2.45) is 0 Å². The van der Waals surface area contributed by atoms with Gasteiger partial charge in [0, 0.05) is 11.1 Å². The molecule has 2 aromatic rings. The topological polar surface area (TPSA) is 54.4 Å². The van der Waals surface area contributed by atoms with Crippen molar-refractivity contribution in [1.82, 2.24) is 0 Å². The van der Waals surface area contributed by atoms with Crippen LogP contribution in [0.5, 0.6) is 0 Å². The number of ketones is 1. The first-order valence-electron chi connectivity index (χ1n) is 5.61. The van der Waals surface area contributed by atoms with Gasteiger partial charge >= 0.3 is 0 Å². The maximum absolute atomic E-state index is 12.5. The average Bonchev–Trinajstić information content (AvgIpc) is 2.46. The fourth-order valence-corrected chi connectivity index (χ4v) is 2.38. The van der Waals surface area contributed by atoms with Crippen LogP contribution in [0.3, 0.4) is 0 Å². The molecule has 3 nitrogen and oxygen atoms in total. The smallest absolute Gasteiger partial charge is 0.194 e. The fourth-order valence-electron chi connectivity index (χ4n) is 1.83. The highest BCUT2D eigenvalue weighted by molar-refractivity contribution is 7.79. The lowest BCUT2D eigenvalue weighted by atomic mass is 9.98. The average molecular weight is 272 g/mol. The van der Waals surface area contributed by atoms with E-state index in [1.54, 1.807) is 42.5 Å². The highest BCUT2D eigenvalue weighted by Crippen LogP contribution is 2.20. The Labute approximate surface area is 113 Å². The van der Waals surface area contributed by atoms with Crippen molar-refractivity contribution < 1.29 is 13.6 Å². The first-order valence-corrected chi connectivity index (χ1v) is 6.72. The lowest BCUT2D eigenvalue weighted by Gasteiger charge is -2.07. The molecule has 1 unspecified atom stereocenters. The molecule has 0 radical (unpaired) electrons. The van der Waals surface area contributed by atoms with Crippen molar-refractivity contribution in [2.75, 3.05) is 0 Å². The van der Waals surface area contributed by atoms with E-state index in [4.69, 9.17) is 0 Å². The molecule has 0 aromatic heterocycles. The van der Waals surface area contributed by atoms with Gasteiger partial charge in [0.2, 0.25) is 0 Å². The van der Waals surface area contributed by atoms with E-state index in [1.165, 1.54) is 6.07 Å². The minimum absolute atomic E-state index is 0.117. The molecule has 0 bridgehead atoms. The predicted molar refractivity (Wildman–Crippen MR) is 75.4 cm³/mol. The molecule has 2 aromatic carbocycles. The molecule has 19 heavy (non-hydrogen) atoms. The zero-order valence-corrected chi connectivity index (χ0v) is 10.9. The van der Waals surface area contributed by atoms with Gasteiger partial charge in [0.15, 0.2) is 16.9 Å². The van der Waals surface area contributed by atoms with E-state index in [0.29, 0.717) is 11.1 Å². The molecule has 0 heterocycles. The summed E-state index contributed by atoms with van der Waals surface area (Å²) in [7, 11) is 0. The van der Waals surface area contributed by atoms with E-state index >= 15 is 0 Å². The van der Waals surface area contributed by atoms with Gasteiger partial charge in [0.1, 0.15) is 0 Å². The van der Waals surface area contributed by atoms with Gasteiger partial charge in [0.05, 0.1) is 4.90 Å². The number of carbonyl (C=O) groups excluding carboxylic acids is 1. The van der Waals surface area contributed by atoms with Gasteiger partial charge in [-0.15, -0.1) is 0 Å². The number of carbonyl (C=O) groups is 1. The van der Waals surface area contributed by atoms with Crippen LogP contribution in [-0.2, 0) is 11.1 Å². The third-order valence-corrected chi connectivity index (χ3v) is 3.48. The minimum Gasteiger partial charge on any atom is -0.302 e. The van der Waals surface area contributed by atoms with Crippen molar-refractivity contribution in [3.8, 4) is 0 Å². The Bertz CT molecular complexity index is 662. The zero-order valence-electron chi connectivity index (χ0n) is 10.1. The molecule has 4 heteroatoms. The number of rotatable bonds is 4. The van der Waals surface area contributed by atoms with Gasteiger partial charge in [-0.2, -0.15) is 0 Å². The van der Waals surface area contributed by atoms with E-state index < -0.39 is 11.1 Å². The third kappa shape index (κ3) is 2.70. The molecule has 0 spiro atoms. The Morgan fingerprint density at radius 1 is 1.05 bits per heavy atom. The normalized spacial score (nSPS) is 11.8. The molecular formula is C15H12O3S. The summed E-state index contributed by atoms with van der Waals surface area (Å²) < 4.78 is 20.5. The lowest BCUT2D eigenvalue weighted by molar-refractivity contribution is 0.103. The minimum atomic E-state index is -2.19. The number of hydrogen-bond acceptors (Lipinski definition) is 2.